The second-order valence-electron chi connectivity index (χ2n) is 5.59. The van der Waals surface area contributed by atoms with E-state index >= 15 is 0 Å². The quantitative estimate of drug-likeness (QED) is 0.817. The number of carbonyl (C=O) groups is 1. The number of ether oxygens (including phenoxy) is 1. The molecule has 4 atom stereocenters. The van der Waals surface area contributed by atoms with Crippen LogP contribution in [-0.4, -0.2) is 31.6 Å². The fourth-order valence-electron chi connectivity index (χ4n) is 3.30. The lowest BCUT2D eigenvalue weighted by Gasteiger charge is -2.29. The first kappa shape index (κ1) is 13.0. The van der Waals surface area contributed by atoms with E-state index in [0.29, 0.717) is 11.7 Å². The molecule has 2 fully saturated rings. The highest BCUT2D eigenvalue weighted by Gasteiger charge is 2.35. The maximum atomic E-state index is 12.4. The van der Waals surface area contributed by atoms with Crippen molar-refractivity contribution in [3.05, 3.63) is 0 Å². The van der Waals surface area contributed by atoms with Gasteiger partial charge in [0.05, 0.1) is 12.1 Å². The van der Waals surface area contributed by atoms with Crippen molar-refractivity contribution < 1.29 is 9.53 Å². The molecule has 1 N–H and O–H groups in total. The second kappa shape index (κ2) is 5.96. The third-order valence-electron chi connectivity index (χ3n) is 4.53. The average Bonchev–Trinajstić information content (AvgIpc) is 2.86. The van der Waals surface area contributed by atoms with Gasteiger partial charge in [-0.25, -0.2) is 0 Å². The van der Waals surface area contributed by atoms with E-state index in [4.69, 9.17) is 4.74 Å². The summed E-state index contributed by atoms with van der Waals surface area (Å²) in [7, 11) is 1.73. The number of hydrogen-bond acceptors (Lipinski definition) is 3. The summed E-state index contributed by atoms with van der Waals surface area (Å²) in [5, 5.41) is 3.31. The Labute approximate surface area is 104 Å². The molecular weight excluding hydrogens is 214 g/mol. The normalized spacial score (nSPS) is 38.2. The molecule has 0 amide bonds. The molecule has 0 bridgehead atoms. The van der Waals surface area contributed by atoms with Gasteiger partial charge in [-0.05, 0) is 25.2 Å². The van der Waals surface area contributed by atoms with Crippen molar-refractivity contribution in [3.63, 3.8) is 0 Å². The third-order valence-corrected chi connectivity index (χ3v) is 4.53. The summed E-state index contributed by atoms with van der Waals surface area (Å²) in [4.78, 5) is 12.4. The molecule has 0 aromatic heterocycles. The van der Waals surface area contributed by atoms with Crippen LogP contribution in [0.25, 0.3) is 0 Å². The predicted octanol–water partition coefficient (Wildman–Crippen LogP) is 2.15. The Morgan fingerprint density at radius 2 is 2.18 bits per heavy atom. The van der Waals surface area contributed by atoms with E-state index in [2.05, 4.69) is 12.2 Å². The Bertz CT molecular complexity index is 267. The van der Waals surface area contributed by atoms with Crippen LogP contribution >= 0.6 is 0 Å². The number of ketones is 1. The van der Waals surface area contributed by atoms with Crippen molar-refractivity contribution in [2.24, 2.45) is 11.8 Å². The highest BCUT2D eigenvalue weighted by Crippen LogP contribution is 2.33. The third kappa shape index (κ3) is 3.08. The summed E-state index contributed by atoms with van der Waals surface area (Å²) in [5.41, 5.74) is 0. The van der Waals surface area contributed by atoms with Gasteiger partial charge >= 0.3 is 0 Å². The smallest absolute Gasteiger partial charge is 0.152 e. The highest BCUT2D eigenvalue weighted by molar-refractivity contribution is 5.86. The first-order valence-electron chi connectivity index (χ1n) is 7.04. The molecular formula is C14H25NO2. The van der Waals surface area contributed by atoms with Gasteiger partial charge in [0.1, 0.15) is 0 Å². The zero-order valence-corrected chi connectivity index (χ0v) is 11.1. The van der Waals surface area contributed by atoms with Crippen LogP contribution in [0.3, 0.4) is 0 Å². The van der Waals surface area contributed by atoms with E-state index in [-0.39, 0.29) is 12.1 Å². The lowest BCUT2D eigenvalue weighted by molar-refractivity contribution is -0.126. The highest BCUT2D eigenvalue weighted by atomic mass is 16.5. The Morgan fingerprint density at radius 3 is 2.82 bits per heavy atom. The monoisotopic (exact) mass is 239 g/mol. The van der Waals surface area contributed by atoms with Gasteiger partial charge in [0, 0.05) is 19.6 Å². The van der Waals surface area contributed by atoms with Crippen molar-refractivity contribution >= 4 is 5.78 Å². The van der Waals surface area contributed by atoms with E-state index in [1.165, 1.54) is 19.3 Å². The zero-order chi connectivity index (χ0) is 12.3. The summed E-state index contributed by atoms with van der Waals surface area (Å²) in [6.07, 6.45) is 7.09. The molecule has 1 saturated heterocycles. The van der Waals surface area contributed by atoms with Gasteiger partial charge in [-0.15, -0.1) is 0 Å². The fraction of sp³-hybridized carbons (Fsp3) is 0.929. The molecule has 1 saturated carbocycles. The SMILES string of the molecule is CCC1CCCC(C(=O)C2CC(OC)CN2)C1. The summed E-state index contributed by atoms with van der Waals surface area (Å²) in [6, 6.07) is 0.0561. The van der Waals surface area contributed by atoms with Gasteiger partial charge < -0.3 is 10.1 Å². The summed E-state index contributed by atoms with van der Waals surface area (Å²) < 4.78 is 5.31. The number of rotatable bonds is 4. The van der Waals surface area contributed by atoms with Crippen molar-refractivity contribution in [2.75, 3.05) is 13.7 Å². The molecule has 98 valence electrons. The van der Waals surface area contributed by atoms with Gasteiger partial charge in [-0.1, -0.05) is 26.2 Å². The number of carbonyl (C=O) groups excluding carboxylic acids is 1. The Morgan fingerprint density at radius 1 is 1.35 bits per heavy atom. The minimum absolute atomic E-state index is 0.0561. The number of hydrogen-bond donors (Lipinski definition) is 1. The number of methoxy groups -OCH3 is 1. The molecule has 3 heteroatoms. The molecule has 17 heavy (non-hydrogen) atoms. The molecule has 1 aliphatic heterocycles. The molecule has 0 radical (unpaired) electrons. The minimum Gasteiger partial charge on any atom is -0.380 e. The van der Waals surface area contributed by atoms with Crippen LogP contribution in [-0.2, 0) is 9.53 Å². The van der Waals surface area contributed by atoms with E-state index in [1.54, 1.807) is 7.11 Å². The van der Waals surface area contributed by atoms with E-state index in [0.717, 1.165) is 31.7 Å². The zero-order valence-electron chi connectivity index (χ0n) is 11.1. The van der Waals surface area contributed by atoms with Crippen LogP contribution in [0.5, 0.6) is 0 Å². The molecule has 0 aromatic carbocycles. The lowest BCUT2D eigenvalue weighted by atomic mass is 9.77. The van der Waals surface area contributed by atoms with Gasteiger partial charge in [-0.2, -0.15) is 0 Å². The Balaban J connectivity index is 1.87. The van der Waals surface area contributed by atoms with Crippen LogP contribution in [0, 0.1) is 11.8 Å². The number of nitrogens with one attached hydrogen (secondary N) is 1. The van der Waals surface area contributed by atoms with Crippen molar-refractivity contribution in [1.29, 1.82) is 0 Å². The van der Waals surface area contributed by atoms with Crippen molar-refractivity contribution in [3.8, 4) is 0 Å². The van der Waals surface area contributed by atoms with Gasteiger partial charge in [-0.3, -0.25) is 4.79 Å². The second-order valence-corrected chi connectivity index (χ2v) is 5.59. The lowest BCUT2D eigenvalue weighted by Crippen LogP contribution is -2.37. The van der Waals surface area contributed by atoms with E-state index in [1.807, 2.05) is 0 Å². The van der Waals surface area contributed by atoms with Gasteiger partial charge in [0.15, 0.2) is 5.78 Å². The largest absolute Gasteiger partial charge is 0.380 e. The summed E-state index contributed by atoms with van der Waals surface area (Å²) >= 11 is 0. The summed E-state index contributed by atoms with van der Waals surface area (Å²) in [6.45, 7) is 3.07. The van der Waals surface area contributed by atoms with Crippen molar-refractivity contribution in [2.45, 2.75) is 57.6 Å². The van der Waals surface area contributed by atoms with Crippen LogP contribution < -0.4 is 5.32 Å². The molecule has 2 aliphatic rings. The maximum Gasteiger partial charge on any atom is 0.152 e. The minimum atomic E-state index is 0.0561. The first-order chi connectivity index (χ1) is 8.24. The molecule has 1 heterocycles. The molecule has 4 unspecified atom stereocenters. The first-order valence-corrected chi connectivity index (χ1v) is 7.04. The van der Waals surface area contributed by atoms with Gasteiger partial charge in [0.2, 0.25) is 0 Å². The Hall–Kier alpha value is -0.410. The van der Waals surface area contributed by atoms with E-state index in [9.17, 15) is 4.79 Å². The van der Waals surface area contributed by atoms with Crippen LogP contribution in [0.4, 0.5) is 0 Å². The molecule has 0 aromatic rings. The van der Waals surface area contributed by atoms with Crippen LogP contribution in [0.1, 0.15) is 45.4 Å². The number of Topliss-reactive ketones (excluding diaryl/α,β-unsaturated/α-hetero) is 1. The van der Waals surface area contributed by atoms with Crippen LogP contribution in [0.15, 0.2) is 0 Å². The molecule has 3 nitrogen and oxygen atoms in total. The standard InChI is InChI=1S/C14H25NO2/c1-3-10-5-4-6-11(7-10)14(16)13-8-12(17-2)9-15-13/h10-13,15H,3-9H2,1-2H3. The molecule has 2 rings (SSSR count). The Kier molecular flexibility index (Phi) is 4.57. The molecule has 1 aliphatic carbocycles. The fourth-order valence-corrected chi connectivity index (χ4v) is 3.30. The van der Waals surface area contributed by atoms with E-state index < -0.39 is 0 Å². The molecule has 0 spiro atoms. The topological polar surface area (TPSA) is 38.3 Å². The predicted molar refractivity (Wildman–Crippen MR) is 68.0 cm³/mol. The average molecular weight is 239 g/mol. The summed E-state index contributed by atoms with van der Waals surface area (Å²) in [5.74, 6) is 1.53. The van der Waals surface area contributed by atoms with Gasteiger partial charge in [0.25, 0.3) is 0 Å². The van der Waals surface area contributed by atoms with Crippen LogP contribution in [0.2, 0.25) is 0 Å². The maximum absolute atomic E-state index is 12.4. The van der Waals surface area contributed by atoms with Crippen molar-refractivity contribution in [1.82, 2.24) is 5.32 Å².